The van der Waals surface area contributed by atoms with Crippen molar-refractivity contribution < 1.29 is 22.4 Å². The van der Waals surface area contributed by atoms with E-state index in [4.69, 9.17) is 0 Å². The number of rotatable bonds is 2. The third-order valence-electron chi connectivity index (χ3n) is 6.10. The number of fused-ring (bicyclic) bond motifs is 1. The van der Waals surface area contributed by atoms with Crippen LogP contribution in [-0.4, -0.2) is 22.2 Å². The zero-order valence-corrected chi connectivity index (χ0v) is 16.2. The van der Waals surface area contributed by atoms with E-state index in [0.29, 0.717) is 16.9 Å². The van der Waals surface area contributed by atoms with Gasteiger partial charge in [0, 0.05) is 23.0 Å². The minimum absolute atomic E-state index is 0.0252. The van der Waals surface area contributed by atoms with Crippen LogP contribution in [-0.2, 0) is 16.4 Å². The van der Waals surface area contributed by atoms with Crippen molar-refractivity contribution in [3.8, 4) is 0 Å². The van der Waals surface area contributed by atoms with Crippen molar-refractivity contribution in [3.05, 3.63) is 58.4 Å². The highest BCUT2D eigenvalue weighted by Crippen LogP contribution is 2.54. The Kier molecular flexibility index (Phi) is 4.19. The molecule has 1 aromatic carbocycles. The molecule has 0 spiro atoms. The number of aromatic amines is 1. The smallest absolute Gasteiger partial charge is 0.341 e. The fraction of sp³-hybridized carbons (Fsp3) is 0.429. The number of aromatic nitrogens is 2. The fourth-order valence-electron chi connectivity index (χ4n) is 4.66. The number of allylic oxidation sites excluding steroid dienone is 2. The van der Waals surface area contributed by atoms with Crippen LogP contribution in [0.1, 0.15) is 50.3 Å². The Morgan fingerprint density at radius 3 is 2.66 bits per heavy atom. The van der Waals surface area contributed by atoms with Crippen molar-refractivity contribution in [1.82, 2.24) is 10.2 Å². The fourth-order valence-corrected chi connectivity index (χ4v) is 4.66. The molecule has 2 unspecified atom stereocenters. The van der Waals surface area contributed by atoms with Gasteiger partial charge in [-0.1, -0.05) is 39.0 Å². The average molecular weight is 407 g/mol. The first kappa shape index (κ1) is 19.7. The van der Waals surface area contributed by atoms with E-state index in [1.54, 1.807) is 26.8 Å². The second-order valence-corrected chi connectivity index (χ2v) is 8.36. The summed E-state index contributed by atoms with van der Waals surface area (Å²) in [6.45, 7) is 5.12. The van der Waals surface area contributed by atoms with Gasteiger partial charge in [-0.2, -0.15) is 18.3 Å². The molecule has 29 heavy (non-hydrogen) atoms. The van der Waals surface area contributed by atoms with E-state index >= 15 is 4.39 Å². The molecule has 1 aromatic heterocycles. The molecular formula is C21H21F4N3O. The summed E-state index contributed by atoms with van der Waals surface area (Å²) in [5.74, 6) is 0.133. The number of benzene rings is 1. The molecule has 2 aromatic rings. The van der Waals surface area contributed by atoms with Gasteiger partial charge in [0.05, 0.1) is 22.9 Å². The van der Waals surface area contributed by atoms with E-state index in [1.807, 2.05) is 0 Å². The standard InChI is InChI=1S/C21H21F4N3O/c1-4-20(11-6-5-7-12(8-11)21(23,24)25)13-10-26-28-18(13)27-16-15(20)14(29)9-19(2,3)17(16)22/h5-8,10,17H,4,9H2,1-3H3,(H2,26,27,28). The Hall–Kier alpha value is -2.64. The molecule has 4 nitrogen and oxygen atoms in total. The molecule has 2 N–H and O–H groups in total. The number of nitrogens with zero attached hydrogens (tertiary/aromatic N) is 1. The molecule has 0 radical (unpaired) electrons. The van der Waals surface area contributed by atoms with Crippen molar-refractivity contribution >= 4 is 11.6 Å². The van der Waals surface area contributed by atoms with Gasteiger partial charge in [0.15, 0.2) is 5.78 Å². The third-order valence-corrected chi connectivity index (χ3v) is 6.10. The minimum Gasteiger partial charge on any atom is -0.341 e. The summed E-state index contributed by atoms with van der Waals surface area (Å²) < 4.78 is 55.7. The summed E-state index contributed by atoms with van der Waals surface area (Å²) in [6.07, 6.45) is -4.25. The van der Waals surface area contributed by atoms with E-state index < -0.39 is 28.7 Å². The van der Waals surface area contributed by atoms with Crippen LogP contribution >= 0.6 is 0 Å². The number of carbonyl (C=O) groups excluding carboxylic acids is 1. The van der Waals surface area contributed by atoms with Crippen molar-refractivity contribution in [2.24, 2.45) is 5.41 Å². The molecule has 8 heteroatoms. The molecule has 1 aliphatic heterocycles. The first-order valence-corrected chi connectivity index (χ1v) is 9.43. The highest BCUT2D eigenvalue weighted by molar-refractivity contribution is 6.03. The summed E-state index contributed by atoms with van der Waals surface area (Å²) in [6, 6.07) is 4.92. The van der Waals surface area contributed by atoms with Crippen molar-refractivity contribution in [1.29, 1.82) is 0 Å². The first-order valence-electron chi connectivity index (χ1n) is 9.43. The lowest BCUT2D eigenvalue weighted by Crippen LogP contribution is -2.48. The summed E-state index contributed by atoms with van der Waals surface area (Å²) in [5.41, 5.74) is -1.81. The monoisotopic (exact) mass is 407 g/mol. The lowest BCUT2D eigenvalue weighted by atomic mass is 9.59. The average Bonchev–Trinajstić information content (AvgIpc) is 3.12. The molecular weight excluding hydrogens is 386 g/mol. The van der Waals surface area contributed by atoms with Gasteiger partial charge in [-0.05, 0) is 18.1 Å². The molecule has 0 bridgehead atoms. The number of alkyl halides is 4. The maximum absolute atomic E-state index is 15.4. The van der Waals surface area contributed by atoms with Gasteiger partial charge in [0.25, 0.3) is 0 Å². The summed E-state index contributed by atoms with van der Waals surface area (Å²) in [5, 5.41) is 9.74. The highest BCUT2D eigenvalue weighted by Gasteiger charge is 2.54. The number of ketones is 1. The van der Waals surface area contributed by atoms with E-state index in [0.717, 1.165) is 12.1 Å². The van der Waals surface area contributed by atoms with Gasteiger partial charge in [-0.25, -0.2) is 4.39 Å². The Morgan fingerprint density at radius 1 is 1.28 bits per heavy atom. The third kappa shape index (κ3) is 2.72. The Balaban J connectivity index is 2.05. The number of H-pyrrole nitrogens is 1. The van der Waals surface area contributed by atoms with Gasteiger partial charge in [0.1, 0.15) is 12.0 Å². The van der Waals surface area contributed by atoms with Gasteiger partial charge in [0.2, 0.25) is 0 Å². The molecule has 2 heterocycles. The zero-order chi connectivity index (χ0) is 21.2. The Bertz CT molecular complexity index is 1020. The molecule has 1 aliphatic carbocycles. The SMILES string of the molecule is CCC1(c2cccc(C(F)(F)F)c2)C2=C(Nc3[nH]ncc31)C(F)C(C)(C)CC2=O. The number of Topliss-reactive ketones (excluding diaryl/α,β-unsaturated/α-hetero) is 1. The van der Waals surface area contributed by atoms with Gasteiger partial charge >= 0.3 is 6.18 Å². The maximum atomic E-state index is 15.4. The number of halogens is 4. The molecule has 0 fully saturated rings. The number of carbonyl (C=O) groups is 1. The molecule has 0 saturated heterocycles. The van der Waals surface area contributed by atoms with Gasteiger partial charge in [-0.3, -0.25) is 9.89 Å². The van der Waals surface area contributed by atoms with E-state index in [1.165, 1.54) is 12.3 Å². The topological polar surface area (TPSA) is 57.8 Å². The van der Waals surface area contributed by atoms with Crippen LogP contribution in [0.4, 0.5) is 23.4 Å². The van der Waals surface area contributed by atoms with Crippen LogP contribution in [0.25, 0.3) is 0 Å². The minimum atomic E-state index is -4.53. The molecule has 2 aliphatic rings. The van der Waals surface area contributed by atoms with E-state index in [-0.39, 0.29) is 29.9 Å². The van der Waals surface area contributed by atoms with Gasteiger partial charge < -0.3 is 5.32 Å². The number of hydrogen-bond donors (Lipinski definition) is 2. The molecule has 0 saturated carbocycles. The Morgan fingerprint density at radius 2 is 2.00 bits per heavy atom. The predicted octanol–water partition coefficient (Wildman–Crippen LogP) is 5.14. The largest absolute Gasteiger partial charge is 0.416 e. The van der Waals surface area contributed by atoms with Crippen LogP contribution in [0.15, 0.2) is 41.7 Å². The maximum Gasteiger partial charge on any atom is 0.416 e. The summed E-state index contributed by atoms with van der Waals surface area (Å²) >= 11 is 0. The van der Waals surface area contributed by atoms with E-state index in [9.17, 15) is 18.0 Å². The number of hydrogen-bond acceptors (Lipinski definition) is 3. The predicted molar refractivity (Wildman–Crippen MR) is 100 cm³/mol. The van der Waals surface area contributed by atoms with Crippen molar-refractivity contribution in [2.45, 2.75) is 51.4 Å². The molecule has 2 atom stereocenters. The van der Waals surface area contributed by atoms with E-state index in [2.05, 4.69) is 15.5 Å². The molecule has 154 valence electrons. The van der Waals surface area contributed by atoms with Crippen LogP contribution in [0.3, 0.4) is 0 Å². The summed E-state index contributed by atoms with van der Waals surface area (Å²) in [7, 11) is 0. The normalized spacial score (nSPS) is 26.0. The zero-order valence-electron chi connectivity index (χ0n) is 16.2. The summed E-state index contributed by atoms with van der Waals surface area (Å²) in [4.78, 5) is 13.2. The van der Waals surface area contributed by atoms with Crippen molar-refractivity contribution in [2.75, 3.05) is 5.32 Å². The van der Waals surface area contributed by atoms with Crippen LogP contribution < -0.4 is 5.32 Å². The number of nitrogens with one attached hydrogen (secondary N) is 2. The van der Waals surface area contributed by atoms with Gasteiger partial charge in [-0.15, -0.1) is 0 Å². The highest BCUT2D eigenvalue weighted by atomic mass is 19.4. The van der Waals surface area contributed by atoms with Crippen LogP contribution in [0.5, 0.6) is 0 Å². The number of anilines is 1. The van der Waals surface area contributed by atoms with Crippen LogP contribution in [0.2, 0.25) is 0 Å². The van der Waals surface area contributed by atoms with Crippen LogP contribution in [0, 0.1) is 5.41 Å². The lowest BCUT2D eigenvalue weighted by molar-refractivity contribution is -0.137. The quantitative estimate of drug-likeness (QED) is 0.678. The first-order chi connectivity index (χ1) is 13.5. The lowest BCUT2D eigenvalue weighted by Gasteiger charge is -2.46. The second kappa shape index (κ2) is 6.18. The Labute approximate surface area is 165 Å². The second-order valence-electron chi connectivity index (χ2n) is 8.36. The molecule has 0 amide bonds. The van der Waals surface area contributed by atoms with Crippen molar-refractivity contribution in [3.63, 3.8) is 0 Å². The molecule has 4 rings (SSSR count).